The number of hydrogen-bond donors (Lipinski definition) is 2. The first kappa shape index (κ1) is 20.7. The number of fused-ring (bicyclic) bond motifs is 1. The van der Waals surface area contributed by atoms with Crippen molar-refractivity contribution >= 4 is 18.1 Å². The standard InChI is InChI=1S/C19H25FN4O3.ClH/c1-10-9-24(11(2)12-3-5-14(21)6-4-12)16-8-13(7-15(20)17(16)26-10)18-22-23-19(25)27-18;/h7-8,10-12,14H,3-6,9,21H2,1-2H3,(H,23,25);1H/t10-,11-,12?,14?;/m0./s1. The van der Waals surface area contributed by atoms with Crippen LogP contribution in [0.3, 0.4) is 0 Å². The molecule has 0 saturated heterocycles. The van der Waals surface area contributed by atoms with E-state index in [-0.39, 0.29) is 42.2 Å². The van der Waals surface area contributed by atoms with Crippen molar-refractivity contribution in [3.63, 3.8) is 0 Å². The van der Waals surface area contributed by atoms with E-state index >= 15 is 0 Å². The van der Waals surface area contributed by atoms with E-state index in [1.807, 2.05) is 6.92 Å². The maximum absolute atomic E-state index is 14.8. The predicted octanol–water partition coefficient (Wildman–Crippen LogP) is 3.08. The summed E-state index contributed by atoms with van der Waals surface area (Å²) in [5.41, 5.74) is 7.14. The first-order valence-corrected chi connectivity index (χ1v) is 9.50. The van der Waals surface area contributed by atoms with Gasteiger partial charge in [-0.05, 0) is 57.6 Å². The Hall–Kier alpha value is -2.06. The van der Waals surface area contributed by atoms with E-state index < -0.39 is 11.6 Å². The first-order chi connectivity index (χ1) is 12.9. The highest BCUT2D eigenvalue weighted by molar-refractivity contribution is 5.85. The highest BCUT2D eigenvalue weighted by Gasteiger charge is 2.34. The fraction of sp³-hybridized carbons (Fsp3) is 0.579. The molecule has 2 aromatic rings. The Bertz CT molecular complexity index is 878. The van der Waals surface area contributed by atoms with E-state index in [1.165, 1.54) is 6.07 Å². The fourth-order valence-corrected chi connectivity index (χ4v) is 4.27. The number of nitrogens with two attached hydrogens (primary N) is 1. The summed E-state index contributed by atoms with van der Waals surface area (Å²) in [4.78, 5) is 13.5. The number of H-pyrrole nitrogens is 1. The molecule has 4 rings (SSSR count). The van der Waals surface area contributed by atoms with E-state index in [4.69, 9.17) is 14.9 Å². The largest absolute Gasteiger partial charge is 0.484 e. The first-order valence-electron chi connectivity index (χ1n) is 9.50. The number of benzene rings is 1. The van der Waals surface area contributed by atoms with E-state index in [2.05, 4.69) is 22.0 Å². The quantitative estimate of drug-likeness (QED) is 0.804. The van der Waals surface area contributed by atoms with Crippen LogP contribution in [0, 0.1) is 11.7 Å². The summed E-state index contributed by atoms with van der Waals surface area (Å²) in [5.74, 6) is -0.344. The minimum Gasteiger partial charge on any atom is -0.484 e. The summed E-state index contributed by atoms with van der Waals surface area (Å²) >= 11 is 0. The maximum atomic E-state index is 14.8. The van der Waals surface area contributed by atoms with Gasteiger partial charge in [0.2, 0.25) is 5.89 Å². The molecule has 9 heteroatoms. The molecule has 154 valence electrons. The van der Waals surface area contributed by atoms with Gasteiger partial charge in [0.05, 0.1) is 12.2 Å². The number of anilines is 1. The number of hydrogen-bond acceptors (Lipinski definition) is 6. The van der Waals surface area contributed by atoms with Crippen LogP contribution in [0.1, 0.15) is 39.5 Å². The number of ether oxygens (including phenoxy) is 1. The van der Waals surface area contributed by atoms with Crippen molar-refractivity contribution in [2.24, 2.45) is 11.7 Å². The van der Waals surface area contributed by atoms with Gasteiger partial charge in [-0.15, -0.1) is 17.5 Å². The van der Waals surface area contributed by atoms with E-state index in [0.717, 1.165) is 25.7 Å². The third kappa shape index (κ3) is 3.89. The van der Waals surface area contributed by atoms with Gasteiger partial charge in [0.1, 0.15) is 6.10 Å². The van der Waals surface area contributed by atoms with Gasteiger partial charge in [0.15, 0.2) is 11.6 Å². The van der Waals surface area contributed by atoms with Crippen molar-refractivity contribution in [2.75, 3.05) is 11.4 Å². The van der Waals surface area contributed by atoms with E-state index in [9.17, 15) is 9.18 Å². The number of aromatic nitrogens is 2. The summed E-state index contributed by atoms with van der Waals surface area (Å²) in [6.45, 7) is 4.80. The number of nitrogens with zero attached hydrogens (tertiary/aromatic N) is 2. The van der Waals surface area contributed by atoms with Gasteiger partial charge in [0.25, 0.3) is 0 Å². The number of aromatic amines is 1. The van der Waals surface area contributed by atoms with Crippen LogP contribution in [0.4, 0.5) is 10.1 Å². The Morgan fingerprint density at radius 2 is 2.04 bits per heavy atom. The third-order valence-corrected chi connectivity index (χ3v) is 5.78. The van der Waals surface area contributed by atoms with Gasteiger partial charge >= 0.3 is 5.76 Å². The summed E-state index contributed by atoms with van der Waals surface area (Å²) < 4.78 is 25.6. The Morgan fingerprint density at radius 3 is 2.68 bits per heavy atom. The molecule has 1 saturated carbocycles. The minimum atomic E-state index is -0.670. The van der Waals surface area contributed by atoms with Gasteiger partial charge < -0.3 is 19.8 Å². The molecule has 1 aromatic heterocycles. The Kier molecular flexibility index (Phi) is 6.00. The average molecular weight is 413 g/mol. The zero-order chi connectivity index (χ0) is 19.1. The lowest BCUT2D eigenvalue weighted by molar-refractivity contribution is 0.187. The Labute approximate surface area is 168 Å². The molecular weight excluding hydrogens is 387 g/mol. The van der Waals surface area contributed by atoms with Crippen LogP contribution in [-0.4, -0.2) is 34.9 Å². The van der Waals surface area contributed by atoms with Gasteiger partial charge in [-0.25, -0.2) is 14.3 Å². The molecule has 2 aliphatic rings. The molecule has 0 bridgehead atoms. The van der Waals surface area contributed by atoms with Crippen LogP contribution < -0.4 is 21.1 Å². The summed E-state index contributed by atoms with van der Waals surface area (Å²) in [5, 5.41) is 6.03. The van der Waals surface area contributed by atoms with Gasteiger partial charge in [-0.1, -0.05) is 0 Å². The molecule has 0 unspecified atom stereocenters. The second-order valence-electron chi connectivity index (χ2n) is 7.72. The second-order valence-corrected chi connectivity index (χ2v) is 7.72. The zero-order valence-corrected chi connectivity index (χ0v) is 16.8. The lowest BCUT2D eigenvalue weighted by Gasteiger charge is -2.43. The van der Waals surface area contributed by atoms with Crippen molar-refractivity contribution in [1.29, 1.82) is 0 Å². The summed E-state index contributed by atoms with van der Waals surface area (Å²) in [6, 6.07) is 3.59. The van der Waals surface area contributed by atoms with Crippen molar-refractivity contribution in [3.8, 4) is 17.2 Å². The zero-order valence-electron chi connectivity index (χ0n) is 16.0. The second kappa shape index (κ2) is 8.13. The van der Waals surface area contributed by atoms with Crippen LogP contribution in [0.2, 0.25) is 0 Å². The summed E-state index contributed by atoms with van der Waals surface area (Å²) in [6.07, 6.45) is 4.07. The van der Waals surface area contributed by atoms with Crippen molar-refractivity contribution in [2.45, 2.75) is 57.7 Å². The molecule has 3 N–H and O–H groups in total. The molecule has 28 heavy (non-hydrogen) atoms. The predicted molar refractivity (Wildman–Crippen MR) is 107 cm³/mol. The monoisotopic (exact) mass is 412 g/mol. The number of halogens is 2. The average Bonchev–Trinajstić information content (AvgIpc) is 3.08. The van der Waals surface area contributed by atoms with Crippen molar-refractivity contribution in [1.82, 2.24) is 10.2 Å². The molecule has 0 spiro atoms. The lowest BCUT2D eigenvalue weighted by Crippen LogP contribution is -2.48. The maximum Gasteiger partial charge on any atom is 0.434 e. The van der Waals surface area contributed by atoms with Crippen LogP contribution in [0.5, 0.6) is 5.75 Å². The molecule has 1 fully saturated rings. The fourth-order valence-electron chi connectivity index (χ4n) is 4.27. The topological polar surface area (TPSA) is 97.4 Å². The van der Waals surface area contributed by atoms with Crippen LogP contribution in [0.15, 0.2) is 21.3 Å². The van der Waals surface area contributed by atoms with Gasteiger partial charge in [0, 0.05) is 17.6 Å². The third-order valence-electron chi connectivity index (χ3n) is 5.78. The Morgan fingerprint density at radius 1 is 1.32 bits per heavy atom. The molecule has 2 atom stereocenters. The minimum absolute atomic E-state index is 0. The molecule has 1 aliphatic carbocycles. The summed E-state index contributed by atoms with van der Waals surface area (Å²) in [7, 11) is 0. The molecule has 7 nitrogen and oxygen atoms in total. The highest BCUT2D eigenvalue weighted by atomic mass is 35.5. The van der Waals surface area contributed by atoms with E-state index in [0.29, 0.717) is 23.7 Å². The van der Waals surface area contributed by atoms with Gasteiger partial charge in [-0.2, -0.15) is 0 Å². The highest BCUT2D eigenvalue weighted by Crippen LogP contribution is 2.42. The molecular formula is C19H26ClFN4O3. The van der Waals surface area contributed by atoms with Crippen LogP contribution >= 0.6 is 12.4 Å². The molecule has 0 radical (unpaired) electrons. The van der Waals surface area contributed by atoms with Crippen molar-refractivity contribution < 1.29 is 13.5 Å². The molecule has 1 aromatic carbocycles. The van der Waals surface area contributed by atoms with Crippen molar-refractivity contribution in [3.05, 3.63) is 28.5 Å². The molecule has 1 aliphatic heterocycles. The molecule has 0 amide bonds. The van der Waals surface area contributed by atoms with E-state index in [1.54, 1.807) is 6.07 Å². The SMILES string of the molecule is C[C@H]1CN([C@@H](C)C2CCC(N)CC2)c2cc(-c3n[nH]c(=O)o3)cc(F)c2O1.Cl. The smallest absolute Gasteiger partial charge is 0.434 e. The molecule has 2 heterocycles. The Balaban J connectivity index is 0.00000225. The van der Waals surface area contributed by atoms with Gasteiger partial charge in [-0.3, -0.25) is 0 Å². The number of nitrogens with one attached hydrogen (secondary N) is 1. The van der Waals surface area contributed by atoms with Crippen LogP contribution in [-0.2, 0) is 0 Å². The van der Waals surface area contributed by atoms with Crippen LogP contribution in [0.25, 0.3) is 11.5 Å². The number of rotatable bonds is 3. The lowest BCUT2D eigenvalue weighted by atomic mass is 9.81. The normalized spacial score (nSPS) is 25.4.